The molecule has 0 amide bonds. The number of phenols is 1. The van der Waals surface area contributed by atoms with E-state index in [-0.39, 0.29) is 11.2 Å². The molecule has 0 radical (unpaired) electrons. The summed E-state index contributed by atoms with van der Waals surface area (Å²) in [5.41, 5.74) is 4.90. The minimum Gasteiger partial charge on any atom is -0.508 e. The van der Waals surface area contributed by atoms with Gasteiger partial charge in [0.2, 0.25) is 0 Å². The molecule has 0 saturated heterocycles. The minimum atomic E-state index is -0.918. The molecule has 0 spiro atoms. The number of hydrogen-bond donors (Lipinski definition) is 2. The first kappa shape index (κ1) is 17.5. The molecule has 0 atom stereocenters. The third-order valence-electron chi connectivity index (χ3n) is 7.25. The zero-order valence-electron chi connectivity index (χ0n) is 16.0. The van der Waals surface area contributed by atoms with E-state index < -0.39 is 5.97 Å². The predicted molar refractivity (Wildman–Crippen MR) is 110 cm³/mol. The van der Waals surface area contributed by atoms with E-state index in [4.69, 9.17) is 5.11 Å². The van der Waals surface area contributed by atoms with Crippen LogP contribution < -0.4 is 0 Å². The van der Waals surface area contributed by atoms with Crippen molar-refractivity contribution in [1.82, 2.24) is 0 Å². The highest BCUT2D eigenvalue weighted by atomic mass is 16.4. The molecule has 0 unspecified atom stereocenters. The lowest BCUT2D eigenvalue weighted by Crippen LogP contribution is -2.48. The molecule has 3 heteroatoms. The van der Waals surface area contributed by atoms with Gasteiger partial charge in [-0.05, 0) is 102 Å². The van der Waals surface area contributed by atoms with Gasteiger partial charge >= 0.3 is 5.97 Å². The summed E-state index contributed by atoms with van der Waals surface area (Å²) >= 11 is 0. The Kier molecular flexibility index (Phi) is 4.08. The van der Waals surface area contributed by atoms with E-state index in [0.29, 0.717) is 0 Å². The van der Waals surface area contributed by atoms with Crippen LogP contribution in [-0.4, -0.2) is 16.2 Å². The topological polar surface area (TPSA) is 57.5 Å². The SMILES string of the molecule is O=C(O)/C=C/c1ccc(-c2ccc(O)cc2)c(C23CC4CC(CC(C4)C2)C3)c1. The Morgan fingerprint density at radius 2 is 1.54 bits per heavy atom. The molecular weight excluding hydrogens is 348 g/mol. The zero-order chi connectivity index (χ0) is 19.3. The van der Waals surface area contributed by atoms with E-state index in [9.17, 15) is 9.90 Å². The van der Waals surface area contributed by atoms with Gasteiger partial charge in [0.25, 0.3) is 0 Å². The molecule has 2 aromatic carbocycles. The largest absolute Gasteiger partial charge is 0.508 e. The second-order valence-corrected chi connectivity index (χ2v) is 9.22. The van der Waals surface area contributed by atoms with Crippen LogP contribution in [0.1, 0.15) is 49.7 Å². The van der Waals surface area contributed by atoms with Gasteiger partial charge in [-0.3, -0.25) is 0 Å². The number of carboxylic acid groups (broad SMARTS) is 1. The van der Waals surface area contributed by atoms with Crippen LogP contribution in [0.25, 0.3) is 17.2 Å². The van der Waals surface area contributed by atoms with Crippen LogP contribution in [0.5, 0.6) is 5.75 Å². The lowest BCUT2D eigenvalue weighted by atomic mass is 9.47. The molecule has 144 valence electrons. The number of carbonyl (C=O) groups is 1. The second-order valence-electron chi connectivity index (χ2n) is 9.22. The Hall–Kier alpha value is -2.55. The van der Waals surface area contributed by atoms with E-state index in [2.05, 4.69) is 12.1 Å². The quantitative estimate of drug-likeness (QED) is 0.683. The molecule has 4 aliphatic rings. The molecular formula is C25H26O3. The van der Waals surface area contributed by atoms with Crippen molar-refractivity contribution < 1.29 is 15.0 Å². The first-order chi connectivity index (χ1) is 13.5. The van der Waals surface area contributed by atoms with Crippen molar-refractivity contribution in [2.45, 2.75) is 43.9 Å². The van der Waals surface area contributed by atoms with Crippen LogP contribution in [0.15, 0.2) is 48.5 Å². The molecule has 4 aliphatic carbocycles. The van der Waals surface area contributed by atoms with Crippen molar-refractivity contribution in [2.24, 2.45) is 17.8 Å². The van der Waals surface area contributed by atoms with Crippen molar-refractivity contribution in [3.05, 3.63) is 59.7 Å². The maximum atomic E-state index is 11.0. The van der Waals surface area contributed by atoms with Gasteiger partial charge in [-0.1, -0.05) is 30.3 Å². The van der Waals surface area contributed by atoms with Crippen molar-refractivity contribution in [1.29, 1.82) is 0 Å². The molecule has 6 rings (SSSR count). The second kappa shape index (κ2) is 6.51. The number of phenolic OH excluding ortho intramolecular Hbond substituents is 1. The Bertz CT molecular complexity index is 903. The predicted octanol–water partition coefficient (Wildman–Crippen LogP) is 5.62. The third-order valence-corrected chi connectivity index (χ3v) is 7.25. The lowest BCUT2D eigenvalue weighted by molar-refractivity contribution is -0.131. The van der Waals surface area contributed by atoms with Gasteiger partial charge in [0.15, 0.2) is 0 Å². The number of benzene rings is 2. The molecule has 4 fully saturated rings. The lowest BCUT2D eigenvalue weighted by Gasteiger charge is -2.57. The monoisotopic (exact) mass is 374 g/mol. The van der Waals surface area contributed by atoms with Crippen molar-refractivity contribution in [3.8, 4) is 16.9 Å². The van der Waals surface area contributed by atoms with Crippen molar-refractivity contribution >= 4 is 12.0 Å². The summed E-state index contributed by atoms with van der Waals surface area (Å²) < 4.78 is 0. The van der Waals surface area contributed by atoms with E-state index in [1.165, 1.54) is 55.7 Å². The standard InChI is InChI=1S/C25H26O3/c26-21-5-3-20(4-6-21)22-7-1-16(2-8-24(27)28)12-23(22)25-13-17-9-18(14-25)11-19(10-17)15-25/h1-8,12,17-19,26H,9-11,13-15H2,(H,27,28)/b8-2+. The average molecular weight is 374 g/mol. The van der Waals surface area contributed by atoms with Crippen LogP contribution in [0.4, 0.5) is 0 Å². The summed E-state index contributed by atoms with van der Waals surface area (Å²) in [6, 6.07) is 13.8. The summed E-state index contributed by atoms with van der Waals surface area (Å²) in [5.74, 6) is 1.89. The smallest absolute Gasteiger partial charge is 0.328 e. The molecule has 0 heterocycles. The molecule has 28 heavy (non-hydrogen) atoms. The maximum Gasteiger partial charge on any atom is 0.328 e. The van der Waals surface area contributed by atoms with Gasteiger partial charge in [0.05, 0.1) is 0 Å². The molecule has 0 aromatic heterocycles. The number of aromatic hydroxyl groups is 1. The van der Waals surface area contributed by atoms with E-state index in [0.717, 1.165) is 28.9 Å². The maximum absolute atomic E-state index is 11.0. The van der Waals surface area contributed by atoms with Crippen LogP contribution in [0.3, 0.4) is 0 Å². The van der Waals surface area contributed by atoms with E-state index >= 15 is 0 Å². The number of rotatable bonds is 4. The first-order valence-electron chi connectivity index (χ1n) is 10.4. The van der Waals surface area contributed by atoms with Crippen LogP contribution in [-0.2, 0) is 10.2 Å². The van der Waals surface area contributed by atoms with Gasteiger partial charge in [0.1, 0.15) is 5.75 Å². The summed E-state index contributed by atoms with van der Waals surface area (Å²) in [6.45, 7) is 0. The van der Waals surface area contributed by atoms with Gasteiger partial charge in [0, 0.05) is 6.08 Å². The summed E-state index contributed by atoms with van der Waals surface area (Å²) in [7, 11) is 0. The third kappa shape index (κ3) is 3.03. The van der Waals surface area contributed by atoms with Gasteiger partial charge < -0.3 is 10.2 Å². The minimum absolute atomic E-state index is 0.217. The van der Waals surface area contributed by atoms with Gasteiger partial charge in [-0.15, -0.1) is 0 Å². The molecule has 2 N–H and O–H groups in total. The highest BCUT2D eigenvalue weighted by Gasteiger charge is 2.52. The normalized spacial score (nSPS) is 30.8. The van der Waals surface area contributed by atoms with E-state index in [1.807, 2.05) is 18.2 Å². The van der Waals surface area contributed by atoms with E-state index in [1.54, 1.807) is 18.2 Å². The molecule has 4 saturated carbocycles. The average Bonchev–Trinajstić information content (AvgIpc) is 2.66. The fourth-order valence-corrected chi connectivity index (χ4v) is 6.61. The molecule has 2 aromatic rings. The van der Waals surface area contributed by atoms with Crippen LogP contribution in [0, 0.1) is 17.8 Å². The Balaban J connectivity index is 1.64. The highest BCUT2D eigenvalue weighted by Crippen LogP contribution is 2.61. The van der Waals surface area contributed by atoms with Crippen LogP contribution in [0.2, 0.25) is 0 Å². The summed E-state index contributed by atoms with van der Waals surface area (Å²) in [6.07, 6.45) is 10.9. The Morgan fingerprint density at radius 1 is 0.929 bits per heavy atom. The van der Waals surface area contributed by atoms with Crippen LogP contribution >= 0.6 is 0 Å². The summed E-state index contributed by atoms with van der Waals surface area (Å²) in [5, 5.41) is 18.7. The molecule has 4 bridgehead atoms. The van der Waals surface area contributed by atoms with Gasteiger partial charge in [-0.2, -0.15) is 0 Å². The molecule has 3 nitrogen and oxygen atoms in total. The number of hydrogen-bond acceptors (Lipinski definition) is 2. The summed E-state index contributed by atoms with van der Waals surface area (Å²) in [4.78, 5) is 11.0. The fourth-order valence-electron chi connectivity index (χ4n) is 6.61. The Morgan fingerprint density at radius 3 is 2.11 bits per heavy atom. The highest BCUT2D eigenvalue weighted by molar-refractivity contribution is 5.85. The van der Waals surface area contributed by atoms with Gasteiger partial charge in [-0.25, -0.2) is 4.79 Å². The number of aliphatic carboxylic acids is 1. The first-order valence-corrected chi connectivity index (χ1v) is 10.4. The fraction of sp³-hybridized carbons (Fsp3) is 0.400. The zero-order valence-corrected chi connectivity index (χ0v) is 16.0. The Labute approximate surface area is 165 Å². The number of carboxylic acids is 1. The van der Waals surface area contributed by atoms with Crippen molar-refractivity contribution in [2.75, 3.05) is 0 Å². The molecule has 0 aliphatic heterocycles. The van der Waals surface area contributed by atoms with Crippen molar-refractivity contribution in [3.63, 3.8) is 0 Å².